The van der Waals surface area contributed by atoms with Crippen molar-refractivity contribution < 1.29 is 14.3 Å². The number of hydrogen-bond donors (Lipinski definition) is 3. The number of likely N-dealkylation sites (N-methyl/N-ethyl adjacent to an activating group) is 1. The fraction of sp³-hybridized carbons (Fsp3) is 0.333. The molecular weight excluding hydrogens is 356 g/mol. The minimum Gasteiger partial charge on any atom is -0.378 e. The largest absolute Gasteiger partial charge is 0.378 e. The Kier molecular flexibility index (Phi) is 6.86. The number of ether oxygens (including phenoxy) is 1. The summed E-state index contributed by atoms with van der Waals surface area (Å²) in [5, 5.41) is 8.24. The quantitative estimate of drug-likeness (QED) is 0.715. The number of rotatable bonds is 6. The highest BCUT2D eigenvalue weighted by Gasteiger charge is 2.11. The highest BCUT2D eigenvalue weighted by atomic mass is 16.5. The van der Waals surface area contributed by atoms with Crippen molar-refractivity contribution >= 4 is 23.3 Å². The Morgan fingerprint density at radius 1 is 0.964 bits per heavy atom. The first kappa shape index (κ1) is 19.7. The third kappa shape index (κ3) is 5.72. The molecule has 0 bridgehead atoms. The van der Waals surface area contributed by atoms with Gasteiger partial charge in [0, 0.05) is 38.1 Å². The van der Waals surface area contributed by atoms with Crippen LogP contribution in [0.2, 0.25) is 0 Å². The Balaban J connectivity index is 1.45. The van der Waals surface area contributed by atoms with E-state index in [9.17, 15) is 9.59 Å². The van der Waals surface area contributed by atoms with Crippen LogP contribution in [0.5, 0.6) is 0 Å². The van der Waals surface area contributed by atoms with Crippen molar-refractivity contribution in [3.63, 3.8) is 0 Å². The molecule has 1 saturated heterocycles. The zero-order valence-electron chi connectivity index (χ0n) is 16.0. The molecule has 2 aromatic rings. The number of urea groups is 1. The fourth-order valence-corrected chi connectivity index (χ4v) is 2.98. The maximum atomic E-state index is 12.1. The van der Waals surface area contributed by atoms with Gasteiger partial charge in [-0.1, -0.05) is 24.3 Å². The second kappa shape index (κ2) is 9.75. The summed E-state index contributed by atoms with van der Waals surface area (Å²) in [5.41, 5.74) is 3.79. The fourth-order valence-electron chi connectivity index (χ4n) is 2.98. The van der Waals surface area contributed by atoms with Crippen molar-refractivity contribution in [3.05, 3.63) is 59.7 Å². The number of benzene rings is 2. The van der Waals surface area contributed by atoms with Gasteiger partial charge in [-0.05, 0) is 35.4 Å². The lowest BCUT2D eigenvalue weighted by Crippen LogP contribution is -2.36. The number of nitrogens with zero attached hydrogens (tertiary/aromatic N) is 1. The first-order chi connectivity index (χ1) is 13.6. The average Bonchev–Trinajstić information content (AvgIpc) is 2.74. The lowest BCUT2D eigenvalue weighted by Gasteiger charge is -2.28. The molecular formula is C21H26N4O3. The smallest absolute Gasteiger partial charge is 0.319 e. The van der Waals surface area contributed by atoms with Crippen LogP contribution < -0.4 is 20.9 Å². The lowest BCUT2D eigenvalue weighted by molar-refractivity contribution is -0.119. The molecule has 0 saturated carbocycles. The Morgan fingerprint density at radius 2 is 1.61 bits per heavy atom. The number of carbonyl (C=O) groups excluding carboxylic acids is 2. The van der Waals surface area contributed by atoms with E-state index in [2.05, 4.69) is 33.0 Å². The molecule has 0 radical (unpaired) electrons. The van der Waals surface area contributed by atoms with Crippen LogP contribution in [0.4, 0.5) is 16.2 Å². The molecule has 7 nitrogen and oxygen atoms in total. The van der Waals surface area contributed by atoms with Gasteiger partial charge in [0.05, 0.1) is 19.6 Å². The Labute approximate surface area is 165 Å². The summed E-state index contributed by atoms with van der Waals surface area (Å²) in [7, 11) is 1.61. The van der Waals surface area contributed by atoms with Crippen molar-refractivity contribution in [3.8, 4) is 0 Å². The Bertz CT molecular complexity index is 784. The van der Waals surface area contributed by atoms with Gasteiger partial charge in [0.15, 0.2) is 0 Å². The molecule has 148 valence electrons. The van der Waals surface area contributed by atoms with Crippen LogP contribution in [0.25, 0.3) is 0 Å². The maximum Gasteiger partial charge on any atom is 0.319 e. The molecule has 3 N–H and O–H groups in total. The number of anilines is 2. The number of carbonyl (C=O) groups is 2. The zero-order chi connectivity index (χ0) is 19.8. The normalized spacial score (nSPS) is 13.7. The van der Waals surface area contributed by atoms with Crippen molar-refractivity contribution in [2.45, 2.75) is 13.0 Å². The van der Waals surface area contributed by atoms with Crippen LogP contribution in [0, 0.1) is 0 Å². The van der Waals surface area contributed by atoms with Gasteiger partial charge in [-0.3, -0.25) is 4.79 Å². The molecule has 0 unspecified atom stereocenters. The van der Waals surface area contributed by atoms with Gasteiger partial charge in [-0.25, -0.2) is 4.79 Å². The average molecular weight is 382 g/mol. The van der Waals surface area contributed by atoms with Crippen molar-refractivity contribution in [2.75, 3.05) is 43.6 Å². The summed E-state index contributed by atoms with van der Waals surface area (Å²) in [6.45, 7) is 3.78. The van der Waals surface area contributed by atoms with E-state index in [1.54, 1.807) is 19.2 Å². The van der Waals surface area contributed by atoms with Crippen LogP contribution >= 0.6 is 0 Å². The number of hydrogen-bond acceptors (Lipinski definition) is 4. The first-order valence-electron chi connectivity index (χ1n) is 9.40. The van der Waals surface area contributed by atoms with E-state index in [0.29, 0.717) is 18.7 Å². The molecule has 0 atom stereocenters. The van der Waals surface area contributed by atoms with E-state index >= 15 is 0 Å². The molecule has 3 amide bonds. The highest BCUT2D eigenvalue weighted by molar-refractivity contribution is 5.89. The van der Waals surface area contributed by atoms with Crippen LogP contribution in [-0.2, 0) is 22.5 Å². The van der Waals surface area contributed by atoms with Gasteiger partial charge in [0.2, 0.25) is 5.91 Å². The van der Waals surface area contributed by atoms with Crippen molar-refractivity contribution in [1.82, 2.24) is 10.6 Å². The summed E-state index contributed by atoms with van der Waals surface area (Å²) in [5.74, 6) is -0.0434. The standard InChI is InChI=1S/C21H26N4O3/c1-22-20(26)14-16-2-6-18(7-3-16)24-21(27)23-15-17-4-8-19(9-5-17)25-10-12-28-13-11-25/h2-9H,10-15H2,1H3,(H,22,26)(H2,23,24,27). The predicted octanol–water partition coefficient (Wildman–Crippen LogP) is 2.13. The summed E-state index contributed by atoms with van der Waals surface area (Å²) in [6, 6.07) is 15.2. The van der Waals surface area contributed by atoms with Gasteiger partial charge in [0.25, 0.3) is 0 Å². The number of morpholine rings is 1. The van der Waals surface area contributed by atoms with Gasteiger partial charge in [0.1, 0.15) is 0 Å². The van der Waals surface area contributed by atoms with E-state index in [1.165, 1.54) is 5.69 Å². The van der Waals surface area contributed by atoms with Crippen LogP contribution in [-0.4, -0.2) is 45.3 Å². The van der Waals surface area contributed by atoms with Crippen LogP contribution in [0.3, 0.4) is 0 Å². The molecule has 1 aliphatic rings. The third-order valence-corrected chi connectivity index (χ3v) is 4.62. The summed E-state index contributed by atoms with van der Waals surface area (Å²) >= 11 is 0. The molecule has 28 heavy (non-hydrogen) atoms. The Morgan fingerprint density at radius 3 is 2.25 bits per heavy atom. The van der Waals surface area contributed by atoms with E-state index in [1.807, 2.05) is 24.3 Å². The van der Waals surface area contributed by atoms with Gasteiger partial charge >= 0.3 is 6.03 Å². The van der Waals surface area contributed by atoms with Crippen molar-refractivity contribution in [2.24, 2.45) is 0 Å². The molecule has 7 heteroatoms. The van der Waals surface area contributed by atoms with Crippen molar-refractivity contribution in [1.29, 1.82) is 0 Å². The van der Waals surface area contributed by atoms with E-state index in [4.69, 9.17) is 4.74 Å². The number of amides is 3. The molecule has 1 aliphatic heterocycles. The predicted molar refractivity (Wildman–Crippen MR) is 110 cm³/mol. The summed E-state index contributed by atoms with van der Waals surface area (Å²) in [6.07, 6.45) is 0.323. The van der Waals surface area contributed by atoms with E-state index in [0.717, 1.165) is 37.4 Å². The monoisotopic (exact) mass is 382 g/mol. The molecule has 0 aliphatic carbocycles. The maximum absolute atomic E-state index is 12.1. The molecule has 0 spiro atoms. The zero-order valence-corrected chi connectivity index (χ0v) is 16.0. The Hall–Kier alpha value is -3.06. The molecule has 3 rings (SSSR count). The number of nitrogens with one attached hydrogen (secondary N) is 3. The summed E-state index contributed by atoms with van der Waals surface area (Å²) in [4.78, 5) is 25.8. The van der Waals surface area contributed by atoms with Gasteiger partial charge in [-0.2, -0.15) is 0 Å². The third-order valence-electron chi connectivity index (χ3n) is 4.62. The SMILES string of the molecule is CNC(=O)Cc1ccc(NC(=O)NCc2ccc(N3CCOCC3)cc2)cc1. The minimum absolute atomic E-state index is 0.0434. The van der Waals surface area contributed by atoms with E-state index in [-0.39, 0.29) is 11.9 Å². The lowest BCUT2D eigenvalue weighted by atomic mass is 10.1. The topological polar surface area (TPSA) is 82.7 Å². The first-order valence-corrected chi connectivity index (χ1v) is 9.40. The van der Waals surface area contributed by atoms with Crippen LogP contribution in [0.1, 0.15) is 11.1 Å². The van der Waals surface area contributed by atoms with Gasteiger partial charge < -0.3 is 25.6 Å². The molecule has 2 aromatic carbocycles. The summed E-state index contributed by atoms with van der Waals surface area (Å²) < 4.78 is 5.37. The van der Waals surface area contributed by atoms with E-state index < -0.39 is 0 Å². The second-order valence-electron chi connectivity index (χ2n) is 6.62. The second-order valence-corrected chi connectivity index (χ2v) is 6.62. The molecule has 1 heterocycles. The van der Waals surface area contributed by atoms with Gasteiger partial charge in [-0.15, -0.1) is 0 Å². The van der Waals surface area contributed by atoms with Crippen LogP contribution in [0.15, 0.2) is 48.5 Å². The molecule has 1 fully saturated rings. The highest BCUT2D eigenvalue weighted by Crippen LogP contribution is 2.16. The minimum atomic E-state index is -0.267. The molecule has 0 aromatic heterocycles.